The van der Waals surface area contributed by atoms with E-state index in [4.69, 9.17) is 5.73 Å². The van der Waals surface area contributed by atoms with Gasteiger partial charge in [-0.2, -0.15) is 0 Å². The van der Waals surface area contributed by atoms with E-state index in [-0.39, 0.29) is 11.4 Å². The molecule has 0 aliphatic carbocycles. The Morgan fingerprint density at radius 3 is 2.77 bits per heavy atom. The predicted molar refractivity (Wildman–Crippen MR) is 91.5 cm³/mol. The molecular formula is C16H22N4OS. The normalized spacial score (nSPS) is 21.2. The summed E-state index contributed by atoms with van der Waals surface area (Å²) in [4.78, 5) is 14.8. The third-order valence-corrected chi connectivity index (χ3v) is 4.95. The summed E-state index contributed by atoms with van der Waals surface area (Å²) in [6, 6.07) is 6.09. The second-order valence-electron chi connectivity index (χ2n) is 5.73. The van der Waals surface area contributed by atoms with Crippen molar-refractivity contribution < 1.29 is 4.79 Å². The molecule has 22 heavy (non-hydrogen) atoms. The second kappa shape index (κ2) is 6.52. The number of rotatable bonds is 3. The average molecular weight is 318 g/mol. The number of carbonyl (C=O) groups is 1. The summed E-state index contributed by atoms with van der Waals surface area (Å²) >= 11 is 1.41. The molecule has 0 radical (unpaired) electrons. The van der Waals surface area contributed by atoms with E-state index >= 15 is 0 Å². The SMILES string of the molecule is Cc1cc(N2CCCCC2)ccc1C(=O)NC1NC=C(N)S1. The number of anilines is 1. The molecule has 0 saturated carbocycles. The van der Waals surface area contributed by atoms with Crippen LogP contribution in [-0.2, 0) is 0 Å². The minimum Gasteiger partial charge on any atom is -0.392 e. The first-order valence-corrected chi connectivity index (χ1v) is 8.56. The van der Waals surface area contributed by atoms with Crippen LogP contribution in [0.5, 0.6) is 0 Å². The van der Waals surface area contributed by atoms with Gasteiger partial charge in [-0.1, -0.05) is 11.8 Å². The lowest BCUT2D eigenvalue weighted by molar-refractivity contribution is 0.0947. The minimum atomic E-state index is -0.186. The van der Waals surface area contributed by atoms with Crippen molar-refractivity contribution in [3.63, 3.8) is 0 Å². The van der Waals surface area contributed by atoms with Gasteiger partial charge in [-0.05, 0) is 49.9 Å². The molecule has 3 rings (SSSR count). The van der Waals surface area contributed by atoms with Crippen LogP contribution in [0.3, 0.4) is 0 Å². The standard InChI is InChI=1S/C16H22N4OS/c1-11-9-12(20-7-3-2-4-8-20)5-6-13(11)15(21)19-16-18-10-14(17)22-16/h5-6,9-10,16,18H,2-4,7-8,17H2,1H3,(H,19,21). The number of benzene rings is 1. The van der Waals surface area contributed by atoms with Crippen LogP contribution in [0, 0.1) is 6.92 Å². The number of amides is 1. The fourth-order valence-corrected chi connectivity index (χ4v) is 3.59. The summed E-state index contributed by atoms with van der Waals surface area (Å²) in [5.74, 6) is -0.0733. The molecule has 1 saturated heterocycles. The Kier molecular flexibility index (Phi) is 4.47. The Hall–Kier alpha value is -1.82. The lowest BCUT2D eigenvalue weighted by Crippen LogP contribution is -2.39. The van der Waals surface area contributed by atoms with Crippen LogP contribution in [0.25, 0.3) is 0 Å². The van der Waals surface area contributed by atoms with Crippen LogP contribution in [0.4, 0.5) is 5.69 Å². The van der Waals surface area contributed by atoms with Crippen molar-refractivity contribution in [2.24, 2.45) is 5.73 Å². The molecule has 1 fully saturated rings. The number of hydrogen-bond donors (Lipinski definition) is 3. The van der Waals surface area contributed by atoms with E-state index < -0.39 is 0 Å². The van der Waals surface area contributed by atoms with Crippen molar-refractivity contribution in [1.82, 2.24) is 10.6 Å². The summed E-state index contributed by atoms with van der Waals surface area (Å²) < 4.78 is 0. The summed E-state index contributed by atoms with van der Waals surface area (Å²) in [6.45, 7) is 4.21. The van der Waals surface area contributed by atoms with Crippen LogP contribution >= 0.6 is 11.8 Å². The van der Waals surface area contributed by atoms with Gasteiger partial charge in [0.2, 0.25) is 0 Å². The average Bonchev–Trinajstić information content (AvgIpc) is 2.93. The highest BCUT2D eigenvalue weighted by molar-refractivity contribution is 8.03. The molecule has 2 aliphatic rings. The van der Waals surface area contributed by atoms with Crippen molar-refractivity contribution in [1.29, 1.82) is 0 Å². The second-order valence-corrected chi connectivity index (χ2v) is 6.91. The van der Waals surface area contributed by atoms with Crippen molar-refractivity contribution >= 4 is 23.4 Å². The maximum Gasteiger partial charge on any atom is 0.253 e. The number of nitrogens with one attached hydrogen (secondary N) is 2. The number of nitrogens with zero attached hydrogens (tertiary/aromatic N) is 1. The molecule has 1 amide bonds. The van der Waals surface area contributed by atoms with Crippen LogP contribution < -0.4 is 21.3 Å². The van der Waals surface area contributed by atoms with E-state index in [1.165, 1.54) is 36.7 Å². The molecule has 6 heteroatoms. The molecule has 4 N–H and O–H groups in total. The van der Waals surface area contributed by atoms with Gasteiger partial charge in [0.05, 0.1) is 5.03 Å². The topological polar surface area (TPSA) is 70.4 Å². The molecule has 1 unspecified atom stereocenters. The Balaban J connectivity index is 1.67. The van der Waals surface area contributed by atoms with E-state index in [0.29, 0.717) is 10.6 Å². The highest BCUT2D eigenvalue weighted by Gasteiger charge is 2.20. The molecule has 2 aliphatic heterocycles. The smallest absolute Gasteiger partial charge is 0.253 e. The summed E-state index contributed by atoms with van der Waals surface area (Å²) in [6.07, 6.45) is 5.53. The van der Waals surface area contributed by atoms with Crippen LogP contribution in [0.1, 0.15) is 35.2 Å². The molecule has 118 valence electrons. The van der Waals surface area contributed by atoms with E-state index in [9.17, 15) is 4.79 Å². The molecule has 1 aromatic rings. The van der Waals surface area contributed by atoms with Gasteiger partial charge in [0.1, 0.15) is 0 Å². The van der Waals surface area contributed by atoms with Gasteiger partial charge < -0.3 is 21.3 Å². The first-order valence-electron chi connectivity index (χ1n) is 7.68. The van der Waals surface area contributed by atoms with E-state index in [0.717, 1.165) is 18.7 Å². The molecule has 5 nitrogen and oxygen atoms in total. The number of thioether (sulfide) groups is 1. The van der Waals surface area contributed by atoms with Crippen LogP contribution in [-0.4, -0.2) is 24.5 Å². The zero-order valence-electron chi connectivity index (χ0n) is 12.8. The van der Waals surface area contributed by atoms with Gasteiger partial charge in [-0.15, -0.1) is 0 Å². The highest BCUT2D eigenvalue weighted by Crippen LogP contribution is 2.24. The zero-order valence-corrected chi connectivity index (χ0v) is 13.6. The van der Waals surface area contributed by atoms with Gasteiger partial charge in [0.25, 0.3) is 5.91 Å². The van der Waals surface area contributed by atoms with Crippen molar-refractivity contribution in [3.05, 3.63) is 40.6 Å². The number of nitrogens with two attached hydrogens (primary N) is 1. The largest absolute Gasteiger partial charge is 0.392 e. The lowest BCUT2D eigenvalue weighted by atomic mass is 10.0. The maximum atomic E-state index is 12.4. The summed E-state index contributed by atoms with van der Waals surface area (Å²) in [7, 11) is 0. The molecular weight excluding hydrogens is 296 g/mol. The Morgan fingerprint density at radius 1 is 1.36 bits per heavy atom. The van der Waals surface area contributed by atoms with Gasteiger partial charge >= 0.3 is 0 Å². The van der Waals surface area contributed by atoms with Gasteiger partial charge in [-0.3, -0.25) is 4.79 Å². The molecule has 0 spiro atoms. The van der Waals surface area contributed by atoms with Crippen molar-refractivity contribution in [2.75, 3.05) is 18.0 Å². The van der Waals surface area contributed by atoms with Gasteiger partial charge in [0, 0.05) is 30.5 Å². The molecule has 1 atom stereocenters. The first-order chi connectivity index (χ1) is 10.6. The number of piperidine rings is 1. The Morgan fingerprint density at radius 2 is 2.14 bits per heavy atom. The quantitative estimate of drug-likeness (QED) is 0.796. The number of hydrogen-bond acceptors (Lipinski definition) is 5. The summed E-state index contributed by atoms with van der Waals surface area (Å²) in [5.41, 5.74) is 8.43. The van der Waals surface area contributed by atoms with E-state index in [2.05, 4.69) is 27.7 Å². The first kappa shape index (κ1) is 15.1. The van der Waals surface area contributed by atoms with Gasteiger partial charge in [0.15, 0.2) is 5.50 Å². The van der Waals surface area contributed by atoms with Crippen LogP contribution in [0.2, 0.25) is 0 Å². The molecule has 0 aromatic heterocycles. The predicted octanol–water partition coefficient (Wildman–Crippen LogP) is 2.09. The van der Waals surface area contributed by atoms with E-state index in [1.54, 1.807) is 6.20 Å². The fraction of sp³-hybridized carbons (Fsp3) is 0.438. The number of carbonyl (C=O) groups excluding carboxylic acids is 1. The molecule has 0 bridgehead atoms. The fourth-order valence-electron chi connectivity index (χ4n) is 2.88. The third kappa shape index (κ3) is 3.32. The van der Waals surface area contributed by atoms with Crippen molar-refractivity contribution in [2.45, 2.75) is 31.7 Å². The molecule has 1 aromatic carbocycles. The Labute approximate surface area is 135 Å². The molecule has 2 heterocycles. The summed E-state index contributed by atoms with van der Waals surface area (Å²) in [5, 5.41) is 6.64. The lowest BCUT2D eigenvalue weighted by Gasteiger charge is -2.29. The van der Waals surface area contributed by atoms with Crippen LogP contribution in [0.15, 0.2) is 29.4 Å². The zero-order chi connectivity index (χ0) is 15.5. The monoisotopic (exact) mass is 318 g/mol. The Bertz CT molecular complexity index is 596. The highest BCUT2D eigenvalue weighted by atomic mass is 32.2. The van der Waals surface area contributed by atoms with E-state index in [1.807, 2.05) is 13.0 Å². The third-order valence-electron chi connectivity index (χ3n) is 4.07. The maximum absolute atomic E-state index is 12.4. The minimum absolute atomic E-state index is 0.0733. The van der Waals surface area contributed by atoms with Gasteiger partial charge in [-0.25, -0.2) is 0 Å². The van der Waals surface area contributed by atoms with Crippen molar-refractivity contribution in [3.8, 4) is 0 Å². The number of aryl methyl sites for hydroxylation is 1.